The Hall–Kier alpha value is -2.18. The van der Waals surface area contributed by atoms with Crippen LogP contribution >= 0.6 is 0 Å². The Kier molecular flexibility index (Phi) is 4.86. The summed E-state index contributed by atoms with van der Waals surface area (Å²) in [6.07, 6.45) is 0.398. The molecule has 2 aromatic rings. The van der Waals surface area contributed by atoms with E-state index in [-0.39, 0.29) is 17.9 Å². The number of halogens is 1. The topological polar surface area (TPSA) is 35.8 Å². The van der Waals surface area contributed by atoms with Crippen molar-refractivity contribution in [2.24, 2.45) is 0 Å². The molecule has 102 valence electrons. The van der Waals surface area contributed by atoms with E-state index in [2.05, 4.69) is 11.4 Å². The van der Waals surface area contributed by atoms with Crippen molar-refractivity contribution in [3.63, 3.8) is 0 Å². The first-order valence-corrected chi connectivity index (χ1v) is 6.64. The highest BCUT2D eigenvalue weighted by molar-refractivity contribution is 5.23. The van der Waals surface area contributed by atoms with Gasteiger partial charge in [-0.05, 0) is 30.2 Å². The molecule has 0 amide bonds. The second-order valence-electron chi connectivity index (χ2n) is 4.77. The summed E-state index contributed by atoms with van der Waals surface area (Å²) in [5, 5.41) is 12.4. The van der Waals surface area contributed by atoms with Gasteiger partial charge in [-0.15, -0.1) is 0 Å². The smallest absolute Gasteiger partial charge is 0.123 e. The van der Waals surface area contributed by atoms with E-state index < -0.39 is 0 Å². The molecule has 0 aromatic heterocycles. The van der Waals surface area contributed by atoms with Gasteiger partial charge in [0.25, 0.3) is 0 Å². The molecule has 0 aliphatic carbocycles. The van der Waals surface area contributed by atoms with Gasteiger partial charge in [0.15, 0.2) is 0 Å². The molecule has 0 bridgehead atoms. The molecule has 0 saturated heterocycles. The monoisotopic (exact) mass is 268 g/mol. The molecule has 3 heteroatoms. The lowest BCUT2D eigenvalue weighted by Gasteiger charge is -2.22. The Morgan fingerprint density at radius 1 is 1.05 bits per heavy atom. The van der Waals surface area contributed by atoms with Crippen LogP contribution in [0.2, 0.25) is 0 Å². The number of hydrogen-bond acceptors (Lipinski definition) is 2. The summed E-state index contributed by atoms with van der Waals surface area (Å²) >= 11 is 0. The number of nitrogens with one attached hydrogen (secondary N) is 1. The van der Waals surface area contributed by atoms with Crippen molar-refractivity contribution in [3.05, 3.63) is 71.5 Å². The Morgan fingerprint density at radius 2 is 1.70 bits per heavy atom. The highest BCUT2D eigenvalue weighted by Crippen LogP contribution is 2.22. The number of rotatable bonds is 5. The number of benzene rings is 2. The Labute approximate surface area is 118 Å². The average Bonchev–Trinajstić information content (AvgIpc) is 2.48. The maximum absolute atomic E-state index is 12.9. The van der Waals surface area contributed by atoms with E-state index in [0.29, 0.717) is 6.42 Å². The van der Waals surface area contributed by atoms with E-state index in [0.717, 1.165) is 11.1 Å². The minimum absolute atomic E-state index is 0.0266. The minimum atomic E-state index is -0.238. The second-order valence-corrected chi connectivity index (χ2v) is 4.77. The molecule has 0 spiro atoms. The largest absolute Gasteiger partial charge is 0.302 e. The molecule has 0 aliphatic rings. The molecule has 1 N–H and O–H groups in total. The van der Waals surface area contributed by atoms with E-state index in [1.165, 1.54) is 12.1 Å². The van der Waals surface area contributed by atoms with Crippen LogP contribution in [0, 0.1) is 17.1 Å². The SMILES string of the molecule is C[C@H](NC(CC#N)c1ccccc1)c1ccc(F)cc1. The standard InChI is InChI=1S/C17H17FN2/c1-13(14-7-9-16(18)10-8-14)20-17(11-12-19)15-5-3-2-4-6-15/h2-10,13,17,20H,11H2,1H3/t13-,17?/m0/s1. The van der Waals surface area contributed by atoms with E-state index in [4.69, 9.17) is 5.26 Å². The molecule has 2 nitrogen and oxygen atoms in total. The minimum Gasteiger partial charge on any atom is -0.302 e. The molecular weight excluding hydrogens is 251 g/mol. The van der Waals surface area contributed by atoms with Crippen molar-refractivity contribution in [3.8, 4) is 6.07 Å². The van der Waals surface area contributed by atoms with Crippen molar-refractivity contribution in [1.29, 1.82) is 5.26 Å². The van der Waals surface area contributed by atoms with Crippen molar-refractivity contribution < 1.29 is 4.39 Å². The third-order valence-corrected chi connectivity index (χ3v) is 3.32. The second kappa shape index (κ2) is 6.83. The molecule has 2 aromatic carbocycles. The fourth-order valence-corrected chi connectivity index (χ4v) is 2.20. The van der Waals surface area contributed by atoms with E-state index in [1.807, 2.05) is 37.3 Å². The van der Waals surface area contributed by atoms with Gasteiger partial charge in [0, 0.05) is 12.1 Å². The molecule has 0 heterocycles. The van der Waals surface area contributed by atoms with Crippen LogP contribution in [-0.2, 0) is 0 Å². The Bertz CT molecular complexity index is 572. The molecule has 20 heavy (non-hydrogen) atoms. The molecule has 0 saturated carbocycles. The molecule has 0 radical (unpaired) electrons. The van der Waals surface area contributed by atoms with Crippen molar-refractivity contribution in [2.75, 3.05) is 0 Å². The predicted molar refractivity (Wildman–Crippen MR) is 77.4 cm³/mol. The summed E-state index contributed by atoms with van der Waals surface area (Å²) in [7, 11) is 0. The van der Waals surface area contributed by atoms with Crippen LogP contribution in [0.4, 0.5) is 4.39 Å². The summed E-state index contributed by atoms with van der Waals surface area (Å²) < 4.78 is 12.9. The fraction of sp³-hybridized carbons (Fsp3) is 0.235. The number of nitriles is 1. The summed E-state index contributed by atoms with van der Waals surface area (Å²) in [6, 6.07) is 18.6. The lowest BCUT2D eigenvalue weighted by atomic mass is 10.0. The highest BCUT2D eigenvalue weighted by Gasteiger charge is 2.15. The van der Waals surface area contributed by atoms with Gasteiger partial charge in [0.1, 0.15) is 5.82 Å². The normalized spacial score (nSPS) is 13.4. The van der Waals surface area contributed by atoms with Crippen LogP contribution < -0.4 is 5.32 Å². The van der Waals surface area contributed by atoms with Crippen LogP contribution in [0.5, 0.6) is 0 Å². The molecule has 1 unspecified atom stereocenters. The van der Waals surface area contributed by atoms with Crippen molar-refractivity contribution in [2.45, 2.75) is 25.4 Å². The lowest BCUT2D eigenvalue weighted by Crippen LogP contribution is -2.24. The first-order chi connectivity index (χ1) is 9.70. The van der Waals surface area contributed by atoms with Crippen LogP contribution in [0.25, 0.3) is 0 Å². The van der Waals surface area contributed by atoms with E-state index in [9.17, 15) is 4.39 Å². The zero-order valence-electron chi connectivity index (χ0n) is 11.4. The van der Waals surface area contributed by atoms with Crippen LogP contribution in [-0.4, -0.2) is 0 Å². The third-order valence-electron chi connectivity index (χ3n) is 3.32. The summed E-state index contributed by atoms with van der Waals surface area (Å²) in [5.41, 5.74) is 2.09. The average molecular weight is 268 g/mol. The Morgan fingerprint density at radius 3 is 2.30 bits per heavy atom. The van der Waals surface area contributed by atoms with Gasteiger partial charge in [0.05, 0.1) is 12.5 Å². The molecule has 2 rings (SSSR count). The molecule has 2 atom stereocenters. The first kappa shape index (κ1) is 14.2. The van der Waals surface area contributed by atoms with Gasteiger partial charge < -0.3 is 5.32 Å². The zero-order chi connectivity index (χ0) is 14.4. The van der Waals surface area contributed by atoms with Crippen molar-refractivity contribution in [1.82, 2.24) is 5.32 Å². The predicted octanol–water partition coefficient (Wildman–Crippen LogP) is 4.13. The van der Waals surface area contributed by atoms with Crippen molar-refractivity contribution >= 4 is 0 Å². The molecule has 0 aliphatic heterocycles. The third kappa shape index (κ3) is 3.66. The first-order valence-electron chi connectivity index (χ1n) is 6.64. The van der Waals surface area contributed by atoms with Gasteiger partial charge in [-0.1, -0.05) is 42.5 Å². The zero-order valence-corrected chi connectivity index (χ0v) is 11.4. The van der Waals surface area contributed by atoms with Gasteiger partial charge >= 0.3 is 0 Å². The maximum atomic E-state index is 12.9. The fourth-order valence-electron chi connectivity index (χ4n) is 2.20. The van der Waals surface area contributed by atoms with Gasteiger partial charge in [-0.2, -0.15) is 5.26 Å². The quantitative estimate of drug-likeness (QED) is 0.885. The maximum Gasteiger partial charge on any atom is 0.123 e. The highest BCUT2D eigenvalue weighted by atomic mass is 19.1. The van der Waals surface area contributed by atoms with Crippen LogP contribution in [0.3, 0.4) is 0 Å². The van der Waals surface area contributed by atoms with Gasteiger partial charge in [-0.25, -0.2) is 4.39 Å². The molecular formula is C17H17FN2. The van der Waals surface area contributed by atoms with Gasteiger partial charge in [0.2, 0.25) is 0 Å². The Balaban J connectivity index is 2.12. The van der Waals surface area contributed by atoms with Crippen LogP contribution in [0.1, 0.15) is 36.6 Å². The summed E-state index contributed by atoms with van der Waals surface area (Å²) in [5.74, 6) is -0.238. The van der Waals surface area contributed by atoms with E-state index >= 15 is 0 Å². The van der Waals surface area contributed by atoms with Crippen LogP contribution in [0.15, 0.2) is 54.6 Å². The number of hydrogen-bond donors (Lipinski definition) is 1. The summed E-state index contributed by atoms with van der Waals surface area (Å²) in [4.78, 5) is 0. The number of nitrogens with zero attached hydrogens (tertiary/aromatic N) is 1. The summed E-state index contributed by atoms with van der Waals surface area (Å²) in [6.45, 7) is 2.01. The van der Waals surface area contributed by atoms with Gasteiger partial charge in [-0.3, -0.25) is 0 Å². The lowest BCUT2D eigenvalue weighted by molar-refractivity contribution is 0.472. The van der Waals surface area contributed by atoms with E-state index in [1.54, 1.807) is 12.1 Å². The molecule has 0 fully saturated rings.